The normalized spacial score (nSPS) is 28.5. The van der Waals surface area contributed by atoms with Gasteiger partial charge in [-0.1, -0.05) is 68.4 Å². The summed E-state index contributed by atoms with van der Waals surface area (Å²) >= 11 is 0. The molecule has 0 radical (unpaired) electrons. The fourth-order valence-electron chi connectivity index (χ4n) is 4.68. The molecule has 0 saturated heterocycles. The van der Waals surface area contributed by atoms with Crippen molar-refractivity contribution in [3.8, 4) is 0 Å². The van der Waals surface area contributed by atoms with Crippen molar-refractivity contribution >= 4 is 12.4 Å². The van der Waals surface area contributed by atoms with Gasteiger partial charge in [-0.15, -0.1) is 12.4 Å². The molecule has 0 bridgehead atoms. The molecule has 0 aliphatic heterocycles. The van der Waals surface area contributed by atoms with Gasteiger partial charge >= 0.3 is 0 Å². The summed E-state index contributed by atoms with van der Waals surface area (Å²) in [7, 11) is 4.18. The van der Waals surface area contributed by atoms with Crippen LogP contribution in [-0.2, 0) is 5.60 Å². The Balaban J connectivity index is 0.00000208. The largest absolute Gasteiger partial charge is 0.385 e. The van der Waals surface area contributed by atoms with Gasteiger partial charge in [0.25, 0.3) is 0 Å². The quantitative estimate of drug-likeness (QED) is 0.886. The Morgan fingerprint density at radius 2 is 1.58 bits per heavy atom. The van der Waals surface area contributed by atoms with Gasteiger partial charge < -0.3 is 10.0 Å². The van der Waals surface area contributed by atoms with Crippen molar-refractivity contribution in [2.75, 3.05) is 20.6 Å². The molecular weight excluding hydrogens is 318 g/mol. The first-order chi connectivity index (χ1) is 10.9. The molecule has 0 spiro atoms. The average Bonchev–Trinajstić information content (AvgIpc) is 2.73. The number of fused-ring (bicyclic) bond motifs is 1. The van der Waals surface area contributed by atoms with E-state index in [2.05, 4.69) is 81.4 Å². The van der Waals surface area contributed by atoms with Crippen LogP contribution in [0.15, 0.2) is 54.6 Å². The maximum Gasteiger partial charge on any atom is 0.0971 e. The van der Waals surface area contributed by atoms with Crippen molar-refractivity contribution < 1.29 is 5.11 Å². The maximum absolute atomic E-state index is 11.7. The second-order valence-corrected chi connectivity index (χ2v) is 7.30. The summed E-state index contributed by atoms with van der Waals surface area (Å²) < 4.78 is 0. The van der Waals surface area contributed by atoms with Crippen LogP contribution in [0.3, 0.4) is 0 Å². The van der Waals surface area contributed by atoms with Gasteiger partial charge in [0.05, 0.1) is 5.60 Å². The van der Waals surface area contributed by atoms with E-state index in [-0.39, 0.29) is 23.7 Å². The van der Waals surface area contributed by atoms with Crippen LogP contribution < -0.4 is 0 Å². The van der Waals surface area contributed by atoms with Gasteiger partial charge in [0.15, 0.2) is 0 Å². The number of aliphatic hydroxyl groups is 1. The second kappa shape index (κ2) is 6.87. The third-order valence-corrected chi connectivity index (χ3v) is 5.59. The van der Waals surface area contributed by atoms with Crippen LogP contribution in [0.25, 0.3) is 0 Å². The minimum atomic E-state index is -0.811. The van der Waals surface area contributed by atoms with Crippen molar-refractivity contribution in [3.05, 3.63) is 71.3 Å². The first-order valence-corrected chi connectivity index (χ1v) is 8.45. The van der Waals surface area contributed by atoms with E-state index in [0.29, 0.717) is 0 Å². The van der Waals surface area contributed by atoms with Crippen molar-refractivity contribution in [3.63, 3.8) is 0 Å². The van der Waals surface area contributed by atoms with E-state index < -0.39 is 5.60 Å². The number of benzene rings is 2. The molecule has 2 aromatic carbocycles. The van der Waals surface area contributed by atoms with Crippen molar-refractivity contribution in [1.29, 1.82) is 0 Å². The zero-order chi connectivity index (χ0) is 16.7. The number of hydrogen-bond donors (Lipinski definition) is 1. The lowest BCUT2D eigenvalue weighted by Crippen LogP contribution is -2.48. The van der Waals surface area contributed by atoms with Crippen molar-refractivity contribution in [2.45, 2.75) is 31.8 Å². The molecule has 0 amide bonds. The van der Waals surface area contributed by atoms with Crippen LogP contribution >= 0.6 is 12.4 Å². The molecule has 2 nitrogen and oxygen atoms in total. The molecule has 3 atom stereocenters. The van der Waals surface area contributed by atoms with E-state index in [0.717, 1.165) is 18.5 Å². The number of rotatable bonds is 4. The second-order valence-electron chi connectivity index (χ2n) is 7.30. The van der Waals surface area contributed by atoms with E-state index in [1.807, 2.05) is 6.07 Å². The van der Waals surface area contributed by atoms with Gasteiger partial charge in [-0.25, -0.2) is 0 Å². The van der Waals surface area contributed by atoms with Crippen LogP contribution in [0.5, 0.6) is 0 Å². The van der Waals surface area contributed by atoms with Crippen LogP contribution in [0.1, 0.15) is 42.9 Å². The lowest BCUT2D eigenvalue weighted by Gasteiger charge is -2.45. The van der Waals surface area contributed by atoms with Gasteiger partial charge in [-0.3, -0.25) is 0 Å². The molecular formula is C21H28ClNO. The van der Waals surface area contributed by atoms with E-state index in [1.165, 1.54) is 11.1 Å². The Labute approximate surface area is 151 Å². The summed E-state index contributed by atoms with van der Waals surface area (Å²) in [5, 5.41) is 11.7. The van der Waals surface area contributed by atoms with Crippen LogP contribution in [-0.4, -0.2) is 30.6 Å². The predicted molar refractivity (Wildman–Crippen MR) is 103 cm³/mol. The molecule has 1 N–H and O–H groups in total. The zero-order valence-corrected chi connectivity index (χ0v) is 15.8. The highest BCUT2D eigenvalue weighted by Gasteiger charge is 2.58. The third-order valence-electron chi connectivity index (χ3n) is 5.59. The third kappa shape index (κ3) is 2.67. The molecule has 1 aliphatic carbocycles. The fourth-order valence-corrected chi connectivity index (χ4v) is 4.68. The van der Waals surface area contributed by atoms with Crippen LogP contribution in [0.2, 0.25) is 0 Å². The topological polar surface area (TPSA) is 23.5 Å². The lowest BCUT2D eigenvalue weighted by molar-refractivity contribution is -0.0889. The standard InChI is InChI=1S/C21H27NO.ClH/c1-5-21(23)18-14-10-9-13-17(18)19(16-11-7-6-8-12-16)20(21,2)15-22(3)4;/h6-14,19,23H,5,15H2,1-4H3;1H. The first kappa shape index (κ1) is 19.0. The predicted octanol–water partition coefficient (Wildman–Crippen LogP) is 4.42. The van der Waals surface area contributed by atoms with Gasteiger partial charge in [-0.05, 0) is 37.2 Å². The Bertz CT molecular complexity index is 687. The van der Waals surface area contributed by atoms with E-state index >= 15 is 0 Å². The van der Waals surface area contributed by atoms with Gasteiger partial charge in [-0.2, -0.15) is 0 Å². The fraction of sp³-hybridized carbons (Fsp3) is 0.429. The Morgan fingerprint density at radius 3 is 2.17 bits per heavy atom. The minimum absolute atomic E-state index is 0. The van der Waals surface area contributed by atoms with E-state index in [1.54, 1.807) is 0 Å². The van der Waals surface area contributed by atoms with Crippen LogP contribution in [0.4, 0.5) is 0 Å². The summed E-state index contributed by atoms with van der Waals surface area (Å²) in [6, 6.07) is 19.1. The molecule has 2 aromatic rings. The number of hydrogen-bond acceptors (Lipinski definition) is 2. The molecule has 0 fully saturated rings. The molecule has 0 heterocycles. The summed E-state index contributed by atoms with van der Waals surface area (Å²) in [4.78, 5) is 2.20. The molecule has 0 saturated carbocycles. The summed E-state index contributed by atoms with van der Waals surface area (Å²) in [5.74, 6) is 0.201. The Morgan fingerprint density at radius 1 is 1.00 bits per heavy atom. The zero-order valence-electron chi connectivity index (χ0n) is 15.0. The molecule has 3 heteroatoms. The highest BCUT2D eigenvalue weighted by atomic mass is 35.5. The average molecular weight is 346 g/mol. The molecule has 1 aliphatic rings. The molecule has 0 aromatic heterocycles. The summed E-state index contributed by atoms with van der Waals surface area (Å²) in [6.45, 7) is 5.18. The van der Waals surface area contributed by atoms with Gasteiger partial charge in [0.1, 0.15) is 0 Å². The summed E-state index contributed by atoms with van der Waals surface area (Å²) in [6.07, 6.45) is 0.720. The molecule has 24 heavy (non-hydrogen) atoms. The smallest absolute Gasteiger partial charge is 0.0971 e. The molecule has 3 rings (SSSR count). The van der Waals surface area contributed by atoms with Crippen molar-refractivity contribution in [1.82, 2.24) is 4.90 Å². The highest BCUT2D eigenvalue weighted by molar-refractivity contribution is 5.85. The van der Waals surface area contributed by atoms with E-state index in [4.69, 9.17) is 0 Å². The van der Waals surface area contributed by atoms with E-state index in [9.17, 15) is 5.11 Å². The lowest BCUT2D eigenvalue weighted by atomic mass is 9.65. The van der Waals surface area contributed by atoms with Crippen LogP contribution in [0, 0.1) is 5.41 Å². The molecule has 3 unspecified atom stereocenters. The SMILES string of the molecule is CCC1(O)c2ccccc2C(c2ccccc2)C1(C)CN(C)C.Cl. The first-order valence-electron chi connectivity index (χ1n) is 8.45. The summed E-state index contributed by atoms with van der Waals surface area (Å²) in [5.41, 5.74) is 2.58. The molecule has 130 valence electrons. The van der Waals surface area contributed by atoms with Gasteiger partial charge in [0, 0.05) is 17.9 Å². The monoisotopic (exact) mass is 345 g/mol. The maximum atomic E-state index is 11.7. The minimum Gasteiger partial charge on any atom is -0.385 e. The van der Waals surface area contributed by atoms with Crippen molar-refractivity contribution in [2.24, 2.45) is 5.41 Å². The highest BCUT2D eigenvalue weighted by Crippen LogP contribution is 2.61. The Hall–Kier alpha value is -1.35. The number of nitrogens with zero attached hydrogens (tertiary/aromatic N) is 1. The van der Waals surface area contributed by atoms with Gasteiger partial charge in [0.2, 0.25) is 0 Å². The number of halogens is 1. The Kier molecular flexibility index (Phi) is 5.44.